The largest absolute Gasteiger partial charge is 0.216 e. The quantitative estimate of drug-likeness (QED) is 0.863. The van der Waals surface area contributed by atoms with Gasteiger partial charge in [0.15, 0.2) is 0 Å². The van der Waals surface area contributed by atoms with Gasteiger partial charge in [0.1, 0.15) is 0 Å². The van der Waals surface area contributed by atoms with Crippen LogP contribution in [0.25, 0.3) is 0 Å². The number of rotatable bonds is 6. The summed E-state index contributed by atoms with van der Waals surface area (Å²) in [4.78, 5) is 0. The monoisotopic (exact) mass is 337 g/mol. The molecule has 118 valence electrons. The lowest BCUT2D eigenvalue weighted by molar-refractivity contribution is 0.566. The lowest BCUT2D eigenvalue weighted by Gasteiger charge is -2.15. The highest BCUT2D eigenvalue weighted by molar-refractivity contribution is 7.88. The summed E-state index contributed by atoms with van der Waals surface area (Å²) in [5.74, 6) is -0.0540. The van der Waals surface area contributed by atoms with Gasteiger partial charge in [-0.3, -0.25) is 0 Å². The van der Waals surface area contributed by atoms with Gasteiger partial charge in [-0.05, 0) is 42.2 Å². The van der Waals surface area contributed by atoms with E-state index in [0.717, 1.165) is 12.0 Å². The Morgan fingerprint density at radius 1 is 1.00 bits per heavy atom. The van der Waals surface area contributed by atoms with Gasteiger partial charge in [-0.15, -0.1) is 0 Å². The van der Waals surface area contributed by atoms with Gasteiger partial charge in [0.05, 0.1) is 5.75 Å². The summed E-state index contributed by atoms with van der Waals surface area (Å²) in [5, 5.41) is 0.596. The van der Waals surface area contributed by atoms with Crippen LogP contribution in [0.3, 0.4) is 0 Å². The second kappa shape index (κ2) is 7.27. The van der Waals surface area contributed by atoms with Crippen LogP contribution in [0.5, 0.6) is 0 Å². The zero-order valence-corrected chi connectivity index (χ0v) is 14.3. The Morgan fingerprint density at radius 3 is 2.09 bits per heavy atom. The average molecular weight is 338 g/mol. The minimum atomic E-state index is -3.40. The number of nitrogens with one attached hydrogen (secondary N) is 1. The Morgan fingerprint density at radius 2 is 1.55 bits per heavy atom. The van der Waals surface area contributed by atoms with Crippen LogP contribution in [-0.2, 0) is 22.2 Å². The summed E-state index contributed by atoms with van der Waals surface area (Å²) in [6, 6.07) is 14.6. The topological polar surface area (TPSA) is 46.2 Å². The molecular weight excluding hydrogens is 318 g/mol. The first kappa shape index (κ1) is 17.0. The molecule has 1 N–H and O–H groups in total. The van der Waals surface area contributed by atoms with Gasteiger partial charge in [-0.25, -0.2) is 13.1 Å². The first-order chi connectivity index (χ1) is 10.4. The maximum Gasteiger partial charge on any atom is 0.216 e. The number of sulfonamides is 1. The minimum Gasteiger partial charge on any atom is -0.212 e. The predicted octanol–water partition coefficient (Wildman–Crippen LogP) is 4.08. The number of aryl methyl sites for hydroxylation is 1. The molecule has 0 fully saturated rings. The second-order valence-corrected chi connectivity index (χ2v) is 7.51. The highest BCUT2D eigenvalue weighted by atomic mass is 35.5. The van der Waals surface area contributed by atoms with Crippen molar-refractivity contribution in [2.45, 2.75) is 32.1 Å². The average Bonchev–Trinajstić information content (AvgIpc) is 2.49. The van der Waals surface area contributed by atoms with Crippen LogP contribution in [-0.4, -0.2) is 8.42 Å². The molecule has 0 aliphatic heterocycles. The summed E-state index contributed by atoms with van der Waals surface area (Å²) in [5.41, 5.74) is 2.90. The molecule has 2 rings (SSSR count). The van der Waals surface area contributed by atoms with Crippen molar-refractivity contribution in [2.75, 3.05) is 0 Å². The van der Waals surface area contributed by atoms with E-state index in [9.17, 15) is 8.42 Å². The van der Waals surface area contributed by atoms with Gasteiger partial charge < -0.3 is 0 Å². The van der Waals surface area contributed by atoms with E-state index in [0.29, 0.717) is 10.6 Å². The smallest absolute Gasteiger partial charge is 0.212 e. The summed E-state index contributed by atoms with van der Waals surface area (Å²) >= 11 is 5.81. The van der Waals surface area contributed by atoms with E-state index in [-0.39, 0.29) is 11.8 Å². The molecule has 2 aromatic rings. The van der Waals surface area contributed by atoms with Crippen LogP contribution >= 0.6 is 11.6 Å². The van der Waals surface area contributed by atoms with E-state index in [1.807, 2.05) is 31.2 Å². The van der Waals surface area contributed by atoms with Crippen molar-refractivity contribution in [1.29, 1.82) is 0 Å². The first-order valence-electron chi connectivity index (χ1n) is 7.23. The zero-order valence-electron chi connectivity index (χ0n) is 12.7. The highest BCUT2D eigenvalue weighted by Crippen LogP contribution is 2.17. The molecule has 0 heterocycles. The lowest BCUT2D eigenvalue weighted by atomic mass is 10.1. The van der Waals surface area contributed by atoms with Crippen molar-refractivity contribution in [3.63, 3.8) is 0 Å². The summed E-state index contributed by atoms with van der Waals surface area (Å²) < 4.78 is 27.2. The Bertz CT molecular complexity index is 709. The van der Waals surface area contributed by atoms with E-state index in [2.05, 4.69) is 11.6 Å². The molecule has 0 spiro atoms. The fourth-order valence-corrected chi connectivity index (χ4v) is 3.74. The van der Waals surface area contributed by atoms with Gasteiger partial charge in [-0.2, -0.15) is 0 Å². The van der Waals surface area contributed by atoms with Crippen LogP contribution in [0.2, 0.25) is 5.02 Å². The van der Waals surface area contributed by atoms with Crippen molar-refractivity contribution in [3.8, 4) is 0 Å². The van der Waals surface area contributed by atoms with Crippen LogP contribution < -0.4 is 4.72 Å². The van der Waals surface area contributed by atoms with Crippen LogP contribution in [0.4, 0.5) is 0 Å². The van der Waals surface area contributed by atoms with Crippen molar-refractivity contribution in [3.05, 3.63) is 70.2 Å². The molecule has 0 radical (unpaired) electrons. The van der Waals surface area contributed by atoms with E-state index < -0.39 is 10.0 Å². The molecule has 0 unspecified atom stereocenters. The number of hydrogen-bond acceptors (Lipinski definition) is 2. The molecule has 0 bridgehead atoms. The van der Waals surface area contributed by atoms with Crippen molar-refractivity contribution < 1.29 is 8.42 Å². The summed E-state index contributed by atoms with van der Waals surface area (Å²) in [6.45, 7) is 3.94. The maximum absolute atomic E-state index is 12.2. The highest BCUT2D eigenvalue weighted by Gasteiger charge is 2.16. The molecular formula is C17H20ClNO2S. The molecule has 3 nitrogen and oxygen atoms in total. The van der Waals surface area contributed by atoms with Gasteiger partial charge in [0, 0.05) is 11.1 Å². The Kier molecular flexibility index (Phi) is 5.62. The zero-order chi connectivity index (χ0) is 16.2. The molecule has 0 aliphatic carbocycles. The SMILES string of the molecule is CCc1ccc([C@@H](C)NS(=O)(=O)Cc2ccc(Cl)cc2)cc1. The first-order valence-corrected chi connectivity index (χ1v) is 9.26. The number of halogens is 1. The fraction of sp³-hybridized carbons (Fsp3) is 0.294. The Balaban J connectivity index is 2.05. The molecule has 0 aliphatic rings. The number of benzene rings is 2. The molecule has 0 amide bonds. The van der Waals surface area contributed by atoms with E-state index in [1.165, 1.54) is 5.56 Å². The molecule has 5 heteroatoms. The fourth-order valence-electron chi connectivity index (χ4n) is 2.22. The molecule has 2 aromatic carbocycles. The molecule has 0 saturated carbocycles. The standard InChI is InChI=1S/C17H20ClNO2S/c1-3-14-4-8-16(9-5-14)13(2)19-22(20,21)12-15-6-10-17(18)11-7-15/h4-11,13,19H,3,12H2,1-2H3/t13-/m1/s1. The summed E-state index contributed by atoms with van der Waals surface area (Å²) in [6.07, 6.45) is 0.969. The van der Waals surface area contributed by atoms with Gasteiger partial charge in [0.25, 0.3) is 0 Å². The van der Waals surface area contributed by atoms with Crippen molar-refractivity contribution in [2.24, 2.45) is 0 Å². The van der Waals surface area contributed by atoms with Crippen LogP contribution in [0.15, 0.2) is 48.5 Å². The molecule has 1 atom stereocenters. The lowest BCUT2D eigenvalue weighted by Crippen LogP contribution is -2.28. The Labute approximate surface area is 137 Å². The number of hydrogen-bond donors (Lipinski definition) is 1. The van der Waals surface area contributed by atoms with Crippen LogP contribution in [0.1, 0.15) is 36.6 Å². The molecule has 0 saturated heterocycles. The minimum absolute atomic E-state index is 0.0540. The van der Waals surface area contributed by atoms with E-state index >= 15 is 0 Å². The van der Waals surface area contributed by atoms with E-state index in [1.54, 1.807) is 24.3 Å². The van der Waals surface area contributed by atoms with Crippen molar-refractivity contribution >= 4 is 21.6 Å². The van der Waals surface area contributed by atoms with Gasteiger partial charge in [0.2, 0.25) is 10.0 Å². The maximum atomic E-state index is 12.2. The summed E-state index contributed by atoms with van der Waals surface area (Å²) in [7, 11) is -3.40. The predicted molar refractivity (Wildman–Crippen MR) is 91.4 cm³/mol. The third-order valence-corrected chi connectivity index (χ3v) is 5.19. The van der Waals surface area contributed by atoms with Crippen molar-refractivity contribution in [1.82, 2.24) is 4.72 Å². The molecule has 0 aromatic heterocycles. The Hall–Kier alpha value is -1.36. The third kappa shape index (κ3) is 4.83. The van der Waals surface area contributed by atoms with Crippen LogP contribution in [0, 0.1) is 0 Å². The van der Waals surface area contributed by atoms with E-state index in [4.69, 9.17) is 11.6 Å². The second-order valence-electron chi connectivity index (χ2n) is 5.32. The van der Waals surface area contributed by atoms with Gasteiger partial charge >= 0.3 is 0 Å². The van der Waals surface area contributed by atoms with Gasteiger partial charge in [-0.1, -0.05) is 54.9 Å². The third-order valence-electron chi connectivity index (χ3n) is 3.51. The molecule has 22 heavy (non-hydrogen) atoms. The normalized spacial score (nSPS) is 13.0.